The van der Waals surface area contributed by atoms with Crippen LogP contribution in [0, 0.1) is 13.8 Å². The third-order valence-electron chi connectivity index (χ3n) is 2.86. The summed E-state index contributed by atoms with van der Waals surface area (Å²) in [5.41, 5.74) is 3.76. The average molecular weight is 261 g/mol. The summed E-state index contributed by atoms with van der Waals surface area (Å²) >= 11 is 1.68. The van der Waals surface area contributed by atoms with Crippen LogP contribution in [0.25, 0.3) is 10.6 Å². The van der Waals surface area contributed by atoms with Crippen molar-refractivity contribution in [2.75, 3.05) is 6.54 Å². The normalized spacial score (nSPS) is 10.8. The zero-order chi connectivity index (χ0) is 13.0. The van der Waals surface area contributed by atoms with Gasteiger partial charge in [-0.25, -0.2) is 0 Å². The molecule has 0 saturated carbocycles. The van der Waals surface area contributed by atoms with Gasteiger partial charge in [0.15, 0.2) is 0 Å². The summed E-state index contributed by atoms with van der Waals surface area (Å²) in [6.45, 7) is 8.25. The van der Waals surface area contributed by atoms with Crippen molar-refractivity contribution in [1.82, 2.24) is 15.5 Å². The molecule has 1 N–H and O–H groups in total. The fraction of sp³-hybridized carbons (Fsp3) is 0.429. The molecular weight excluding hydrogens is 242 g/mol. The second kappa shape index (κ2) is 6.07. The van der Waals surface area contributed by atoms with E-state index in [-0.39, 0.29) is 0 Å². The van der Waals surface area contributed by atoms with E-state index in [0.29, 0.717) is 0 Å². The van der Waals surface area contributed by atoms with Crippen molar-refractivity contribution in [3.63, 3.8) is 0 Å². The molecule has 1 aromatic heterocycles. The van der Waals surface area contributed by atoms with E-state index in [1.165, 1.54) is 16.7 Å². The predicted octanol–water partition coefficient (Wildman–Crippen LogP) is 3.32. The van der Waals surface area contributed by atoms with E-state index >= 15 is 0 Å². The van der Waals surface area contributed by atoms with E-state index in [4.69, 9.17) is 0 Å². The molecule has 0 unspecified atom stereocenters. The molecule has 0 spiro atoms. The van der Waals surface area contributed by atoms with Crippen LogP contribution in [0.4, 0.5) is 0 Å². The second-order valence-electron chi connectivity index (χ2n) is 4.44. The quantitative estimate of drug-likeness (QED) is 0.839. The van der Waals surface area contributed by atoms with Crippen LogP contribution in [0.15, 0.2) is 18.2 Å². The van der Waals surface area contributed by atoms with Gasteiger partial charge in [0.25, 0.3) is 0 Å². The van der Waals surface area contributed by atoms with E-state index in [9.17, 15) is 0 Å². The Hall–Kier alpha value is -1.26. The summed E-state index contributed by atoms with van der Waals surface area (Å²) in [6.07, 6.45) is 1.14. The molecular formula is C14H19N3S. The van der Waals surface area contributed by atoms with Crippen LogP contribution in [0.3, 0.4) is 0 Å². The highest BCUT2D eigenvalue weighted by atomic mass is 32.1. The van der Waals surface area contributed by atoms with E-state index < -0.39 is 0 Å². The van der Waals surface area contributed by atoms with Crippen molar-refractivity contribution < 1.29 is 0 Å². The van der Waals surface area contributed by atoms with Crippen molar-refractivity contribution in [2.24, 2.45) is 0 Å². The Morgan fingerprint density at radius 1 is 1.17 bits per heavy atom. The maximum absolute atomic E-state index is 4.32. The molecule has 4 heteroatoms. The minimum atomic E-state index is 0.816. The Labute approximate surface area is 112 Å². The third kappa shape index (κ3) is 2.94. The lowest BCUT2D eigenvalue weighted by Crippen LogP contribution is -2.13. The van der Waals surface area contributed by atoms with Gasteiger partial charge in [0.1, 0.15) is 10.0 Å². The third-order valence-corrected chi connectivity index (χ3v) is 3.81. The second-order valence-corrected chi connectivity index (χ2v) is 5.51. The Bertz CT molecular complexity index is 499. The highest BCUT2D eigenvalue weighted by molar-refractivity contribution is 7.14. The smallest absolute Gasteiger partial charge is 0.148 e. The molecule has 3 nitrogen and oxygen atoms in total. The van der Waals surface area contributed by atoms with Gasteiger partial charge in [-0.2, -0.15) is 0 Å². The maximum atomic E-state index is 4.32. The van der Waals surface area contributed by atoms with Crippen molar-refractivity contribution >= 4 is 11.3 Å². The number of rotatable bonds is 5. The highest BCUT2D eigenvalue weighted by Crippen LogP contribution is 2.29. The number of benzene rings is 1. The van der Waals surface area contributed by atoms with E-state index in [1.54, 1.807) is 11.3 Å². The number of hydrogen-bond donors (Lipinski definition) is 1. The molecule has 0 aliphatic rings. The Morgan fingerprint density at radius 3 is 2.56 bits per heavy atom. The minimum Gasteiger partial charge on any atom is -0.310 e. The molecule has 96 valence electrons. The number of hydrogen-bond acceptors (Lipinski definition) is 4. The molecule has 0 aliphatic carbocycles. The molecule has 1 heterocycles. The summed E-state index contributed by atoms with van der Waals surface area (Å²) < 4.78 is 0. The van der Waals surface area contributed by atoms with Gasteiger partial charge in [0.05, 0.1) is 0 Å². The molecule has 0 saturated heterocycles. The summed E-state index contributed by atoms with van der Waals surface area (Å²) in [7, 11) is 0. The lowest BCUT2D eigenvalue weighted by Gasteiger charge is -2.04. The average Bonchev–Trinajstić information content (AvgIpc) is 2.78. The van der Waals surface area contributed by atoms with Gasteiger partial charge in [0.2, 0.25) is 0 Å². The van der Waals surface area contributed by atoms with Crippen LogP contribution in [0.2, 0.25) is 0 Å². The van der Waals surface area contributed by atoms with Gasteiger partial charge >= 0.3 is 0 Å². The lowest BCUT2D eigenvalue weighted by atomic mass is 10.0. The van der Waals surface area contributed by atoms with Gasteiger partial charge in [-0.05, 0) is 37.9 Å². The van der Waals surface area contributed by atoms with Crippen molar-refractivity contribution in [3.8, 4) is 10.6 Å². The SMILES string of the molecule is CCCNCc1nnc(-c2c(C)cccc2C)s1. The summed E-state index contributed by atoms with van der Waals surface area (Å²) in [4.78, 5) is 0. The maximum Gasteiger partial charge on any atom is 0.148 e. The Balaban J connectivity index is 2.19. The van der Waals surface area contributed by atoms with Crippen LogP contribution >= 0.6 is 11.3 Å². The molecule has 2 rings (SSSR count). The molecule has 0 fully saturated rings. The molecule has 0 aliphatic heterocycles. The monoisotopic (exact) mass is 261 g/mol. The van der Waals surface area contributed by atoms with Crippen LogP contribution < -0.4 is 5.32 Å². The van der Waals surface area contributed by atoms with Crippen LogP contribution in [0.5, 0.6) is 0 Å². The van der Waals surface area contributed by atoms with Gasteiger partial charge in [-0.1, -0.05) is 36.5 Å². The lowest BCUT2D eigenvalue weighted by molar-refractivity contribution is 0.668. The molecule has 0 bridgehead atoms. The van der Waals surface area contributed by atoms with E-state index in [2.05, 4.69) is 54.5 Å². The van der Waals surface area contributed by atoms with E-state index in [1.807, 2.05) is 0 Å². The van der Waals surface area contributed by atoms with E-state index in [0.717, 1.165) is 29.5 Å². The van der Waals surface area contributed by atoms with Crippen LogP contribution in [-0.2, 0) is 6.54 Å². The number of aryl methyl sites for hydroxylation is 2. The largest absolute Gasteiger partial charge is 0.310 e. The van der Waals surface area contributed by atoms with Crippen molar-refractivity contribution in [1.29, 1.82) is 0 Å². The zero-order valence-electron chi connectivity index (χ0n) is 11.2. The first-order valence-electron chi connectivity index (χ1n) is 6.32. The van der Waals surface area contributed by atoms with Crippen LogP contribution in [0.1, 0.15) is 29.5 Å². The molecule has 1 aromatic carbocycles. The molecule has 18 heavy (non-hydrogen) atoms. The molecule has 2 aromatic rings. The summed E-state index contributed by atoms with van der Waals surface area (Å²) in [5, 5.41) is 14.0. The topological polar surface area (TPSA) is 37.8 Å². The number of nitrogens with zero attached hydrogens (tertiary/aromatic N) is 2. The zero-order valence-corrected chi connectivity index (χ0v) is 12.0. The number of aromatic nitrogens is 2. The first kappa shape index (κ1) is 13.2. The minimum absolute atomic E-state index is 0.816. The summed E-state index contributed by atoms with van der Waals surface area (Å²) in [5.74, 6) is 0. The van der Waals surface area contributed by atoms with Gasteiger partial charge in [0, 0.05) is 12.1 Å². The van der Waals surface area contributed by atoms with Gasteiger partial charge in [-0.15, -0.1) is 10.2 Å². The van der Waals surface area contributed by atoms with Gasteiger partial charge in [-0.3, -0.25) is 0 Å². The Kier molecular flexibility index (Phi) is 4.44. The van der Waals surface area contributed by atoms with Crippen molar-refractivity contribution in [2.45, 2.75) is 33.7 Å². The number of nitrogens with one attached hydrogen (secondary N) is 1. The molecule has 0 radical (unpaired) electrons. The highest BCUT2D eigenvalue weighted by Gasteiger charge is 2.10. The van der Waals surface area contributed by atoms with Crippen molar-refractivity contribution in [3.05, 3.63) is 34.3 Å². The first-order chi connectivity index (χ1) is 8.72. The fourth-order valence-corrected chi connectivity index (χ4v) is 2.93. The molecule has 0 amide bonds. The van der Waals surface area contributed by atoms with Gasteiger partial charge < -0.3 is 5.32 Å². The molecule has 0 atom stereocenters. The first-order valence-corrected chi connectivity index (χ1v) is 7.13. The Morgan fingerprint density at radius 2 is 1.89 bits per heavy atom. The summed E-state index contributed by atoms with van der Waals surface area (Å²) in [6, 6.07) is 6.33. The van der Waals surface area contributed by atoms with Crippen LogP contribution in [-0.4, -0.2) is 16.7 Å². The fourth-order valence-electron chi connectivity index (χ4n) is 1.95. The predicted molar refractivity (Wildman–Crippen MR) is 76.8 cm³/mol. The standard InChI is InChI=1S/C14H19N3S/c1-4-8-15-9-12-16-17-14(18-12)13-10(2)6-5-7-11(13)3/h5-7,15H,4,8-9H2,1-3H3.